The molecule has 0 atom stereocenters. The van der Waals surface area contributed by atoms with Gasteiger partial charge in [-0.2, -0.15) is 0 Å². The molecule has 26 heavy (non-hydrogen) atoms. The second kappa shape index (κ2) is 7.39. The quantitative estimate of drug-likeness (QED) is 0.714. The number of carbonyl (C=O) groups excluding carboxylic acids is 2. The molecule has 3 rings (SSSR count). The van der Waals surface area contributed by atoms with E-state index in [1.807, 2.05) is 30.3 Å². The number of anilines is 1. The lowest BCUT2D eigenvalue weighted by Crippen LogP contribution is -2.28. The maximum atomic E-state index is 12.7. The van der Waals surface area contributed by atoms with Crippen LogP contribution in [-0.4, -0.2) is 29.4 Å². The third-order valence-corrected chi connectivity index (χ3v) is 4.54. The first-order valence-corrected chi connectivity index (χ1v) is 8.48. The van der Waals surface area contributed by atoms with Crippen molar-refractivity contribution in [2.24, 2.45) is 0 Å². The van der Waals surface area contributed by atoms with E-state index < -0.39 is 11.4 Å². The van der Waals surface area contributed by atoms with Crippen LogP contribution < -0.4 is 10.6 Å². The summed E-state index contributed by atoms with van der Waals surface area (Å²) < 4.78 is 0. The first kappa shape index (κ1) is 17.7. The maximum Gasteiger partial charge on any atom is 0.305 e. The number of benzene rings is 2. The second-order valence-electron chi connectivity index (χ2n) is 6.38. The molecule has 6 nitrogen and oxygen atoms in total. The Hall–Kier alpha value is -3.15. The van der Waals surface area contributed by atoms with Crippen molar-refractivity contribution >= 4 is 23.5 Å². The third-order valence-electron chi connectivity index (χ3n) is 4.54. The van der Waals surface area contributed by atoms with Crippen molar-refractivity contribution < 1.29 is 19.5 Å². The van der Waals surface area contributed by atoms with Gasteiger partial charge < -0.3 is 15.7 Å². The molecular weight excluding hydrogens is 332 g/mol. The predicted octanol–water partition coefficient (Wildman–Crippen LogP) is 2.56. The first-order chi connectivity index (χ1) is 12.5. The van der Waals surface area contributed by atoms with Gasteiger partial charge in [0.15, 0.2) is 0 Å². The van der Waals surface area contributed by atoms with Crippen LogP contribution in [0.1, 0.15) is 35.2 Å². The standard InChI is InChI=1S/C20H20N2O4/c23-17(24)10-13-21-18(25)14-6-8-16(9-7-14)22-19(26)20(11-12-20)15-4-2-1-3-5-15/h1-9H,10-13H2,(H,21,25)(H,22,26)(H,23,24). The molecule has 0 heterocycles. The molecule has 0 aliphatic heterocycles. The minimum atomic E-state index is -0.962. The van der Waals surface area contributed by atoms with Crippen molar-refractivity contribution in [1.29, 1.82) is 0 Å². The zero-order valence-electron chi connectivity index (χ0n) is 14.2. The van der Waals surface area contributed by atoms with Crippen molar-refractivity contribution in [2.45, 2.75) is 24.7 Å². The number of carboxylic acids is 1. The van der Waals surface area contributed by atoms with Crippen LogP contribution in [0.15, 0.2) is 54.6 Å². The molecule has 2 amide bonds. The number of rotatable bonds is 7. The van der Waals surface area contributed by atoms with Gasteiger partial charge in [-0.25, -0.2) is 0 Å². The fourth-order valence-corrected chi connectivity index (χ4v) is 2.87. The summed E-state index contributed by atoms with van der Waals surface area (Å²) in [5.74, 6) is -1.34. The largest absolute Gasteiger partial charge is 0.481 e. The number of hydrogen-bond donors (Lipinski definition) is 3. The SMILES string of the molecule is O=C(O)CCNC(=O)c1ccc(NC(=O)C2(c3ccccc3)CC2)cc1. The minimum Gasteiger partial charge on any atom is -0.481 e. The lowest BCUT2D eigenvalue weighted by molar-refractivity contribution is -0.136. The Balaban J connectivity index is 1.60. The molecule has 0 radical (unpaired) electrons. The van der Waals surface area contributed by atoms with Crippen molar-refractivity contribution in [3.05, 3.63) is 65.7 Å². The molecule has 134 valence electrons. The number of amides is 2. The summed E-state index contributed by atoms with van der Waals surface area (Å²) in [7, 11) is 0. The van der Waals surface area contributed by atoms with E-state index in [4.69, 9.17) is 5.11 Å². The summed E-state index contributed by atoms with van der Waals surface area (Å²) in [5, 5.41) is 14.0. The molecule has 0 saturated heterocycles. The van der Waals surface area contributed by atoms with Gasteiger partial charge in [0.25, 0.3) is 5.91 Å². The summed E-state index contributed by atoms with van der Waals surface area (Å²) in [4.78, 5) is 35.1. The molecule has 1 aliphatic carbocycles. The molecule has 0 spiro atoms. The Labute approximate surface area is 151 Å². The van der Waals surface area contributed by atoms with Gasteiger partial charge in [-0.3, -0.25) is 14.4 Å². The van der Waals surface area contributed by atoms with Crippen LogP contribution in [-0.2, 0) is 15.0 Å². The Morgan fingerprint density at radius 1 is 0.962 bits per heavy atom. The topological polar surface area (TPSA) is 95.5 Å². The highest BCUT2D eigenvalue weighted by Crippen LogP contribution is 2.48. The lowest BCUT2D eigenvalue weighted by Gasteiger charge is -2.16. The molecule has 1 fully saturated rings. The average Bonchev–Trinajstić information content (AvgIpc) is 3.45. The van der Waals surface area contributed by atoms with Gasteiger partial charge in [0.1, 0.15) is 0 Å². The third kappa shape index (κ3) is 3.91. The van der Waals surface area contributed by atoms with Gasteiger partial charge >= 0.3 is 5.97 Å². The van der Waals surface area contributed by atoms with Crippen LogP contribution in [0.5, 0.6) is 0 Å². The molecule has 0 unspecified atom stereocenters. The zero-order chi connectivity index (χ0) is 18.6. The summed E-state index contributed by atoms with van der Waals surface area (Å²) in [5.41, 5.74) is 1.61. The highest BCUT2D eigenvalue weighted by molar-refractivity contribution is 6.02. The fraction of sp³-hybridized carbons (Fsp3) is 0.250. The zero-order valence-corrected chi connectivity index (χ0v) is 14.2. The van der Waals surface area contributed by atoms with E-state index >= 15 is 0 Å². The van der Waals surface area contributed by atoms with Gasteiger partial charge in [0.2, 0.25) is 5.91 Å². The average molecular weight is 352 g/mol. The van der Waals surface area contributed by atoms with Crippen LogP contribution in [0.3, 0.4) is 0 Å². The molecule has 3 N–H and O–H groups in total. The van der Waals surface area contributed by atoms with E-state index in [9.17, 15) is 14.4 Å². The van der Waals surface area contributed by atoms with E-state index in [1.54, 1.807) is 24.3 Å². The van der Waals surface area contributed by atoms with Gasteiger partial charge in [-0.05, 0) is 42.7 Å². The van der Waals surface area contributed by atoms with Gasteiger partial charge in [-0.15, -0.1) is 0 Å². The molecule has 1 aliphatic rings. The predicted molar refractivity (Wildman–Crippen MR) is 97.0 cm³/mol. The molecule has 6 heteroatoms. The van der Waals surface area contributed by atoms with Crippen LogP contribution in [0.4, 0.5) is 5.69 Å². The molecular formula is C20H20N2O4. The van der Waals surface area contributed by atoms with Crippen molar-refractivity contribution in [3.63, 3.8) is 0 Å². The normalized spacial score (nSPS) is 14.3. The summed E-state index contributed by atoms with van der Waals surface area (Å²) in [6.45, 7) is 0.0756. The van der Waals surface area contributed by atoms with Gasteiger partial charge in [0.05, 0.1) is 11.8 Å². The number of carboxylic acid groups (broad SMARTS) is 1. The molecule has 1 saturated carbocycles. The van der Waals surface area contributed by atoms with Crippen molar-refractivity contribution in [1.82, 2.24) is 5.32 Å². The molecule has 0 bridgehead atoms. The van der Waals surface area contributed by atoms with E-state index in [2.05, 4.69) is 10.6 Å². The summed E-state index contributed by atoms with van der Waals surface area (Å²) in [6.07, 6.45) is 1.53. The Kier molecular flexibility index (Phi) is 5.02. The smallest absolute Gasteiger partial charge is 0.305 e. The van der Waals surface area contributed by atoms with Crippen LogP contribution in [0.25, 0.3) is 0 Å². The molecule has 0 aromatic heterocycles. The number of nitrogens with one attached hydrogen (secondary N) is 2. The van der Waals surface area contributed by atoms with Gasteiger partial charge in [0, 0.05) is 17.8 Å². The van der Waals surface area contributed by atoms with E-state index in [0.29, 0.717) is 11.3 Å². The molecule has 2 aromatic carbocycles. The van der Waals surface area contributed by atoms with Crippen LogP contribution >= 0.6 is 0 Å². The van der Waals surface area contributed by atoms with Crippen molar-refractivity contribution in [3.8, 4) is 0 Å². The van der Waals surface area contributed by atoms with Crippen LogP contribution in [0.2, 0.25) is 0 Å². The number of aliphatic carboxylic acids is 1. The number of carbonyl (C=O) groups is 3. The van der Waals surface area contributed by atoms with E-state index in [0.717, 1.165) is 18.4 Å². The van der Waals surface area contributed by atoms with Crippen molar-refractivity contribution in [2.75, 3.05) is 11.9 Å². The first-order valence-electron chi connectivity index (χ1n) is 8.48. The highest BCUT2D eigenvalue weighted by Gasteiger charge is 2.51. The Bertz CT molecular complexity index is 811. The monoisotopic (exact) mass is 352 g/mol. The minimum absolute atomic E-state index is 0.0395. The van der Waals surface area contributed by atoms with Gasteiger partial charge in [-0.1, -0.05) is 30.3 Å². The Morgan fingerprint density at radius 3 is 2.19 bits per heavy atom. The molecule has 2 aromatic rings. The summed E-state index contributed by atoms with van der Waals surface area (Å²) >= 11 is 0. The maximum absolute atomic E-state index is 12.7. The van der Waals surface area contributed by atoms with Crippen LogP contribution in [0, 0.1) is 0 Å². The summed E-state index contributed by atoms with van der Waals surface area (Å²) in [6, 6.07) is 16.3. The lowest BCUT2D eigenvalue weighted by atomic mass is 9.95. The fourth-order valence-electron chi connectivity index (χ4n) is 2.87. The van der Waals surface area contributed by atoms with E-state index in [1.165, 1.54) is 0 Å². The highest BCUT2D eigenvalue weighted by atomic mass is 16.4. The second-order valence-corrected chi connectivity index (χ2v) is 6.38. The Morgan fingerprint density at radius 2 is 1.62 bits per heavy atom. The number of hydrogen-bond acceptors (Lipinski definition) is 3. The van der Waals surface area contributed by atoms with E-state index in [-0.39, 0.29) is 24.8 Å².